The Morgan fingerprint density at radius 3 is 2.39 bits per heavy atom. The molecule has 0 aromatic heterocycles. The predicted molar refractivity (Wildman–Crippen MR) is 107 cm³/mol. The van der Waals surface area contributed by atoms with Gasteiger partial charge in [0.05, 0.1) is 19.9 Å². The highest BCUT2D eigenvalue weighted by Gasteiger charge is 2.21. The molecule has 1 saturated heterocycles. The van der Waals surface area contributed by atoms with Crippen molar-refractivity contribution in [3.63, 3.8) is 0 Å². The molecule has 1 heterocycles. The first-order valence-electron chi connectivity index (χ1n) is 9.34. The van der Waals surface area contributed by atoms with Crippen molar-refractivity contribution in [2.75, 3.05) is 52.3 Å². The Bertz CT molecular complexity index is 790. The molecule has 2 aromatic rings. The van der Waals surface area contributed by atoms with Crippen LogP contribution in [0.2, 0.25) is 0 Å². The van der Waals surface area contributed by atoms with E-state index >= 15 is 0 Å². The molecule has 28 heavy (non-hydrogen) atoms. The van der Waals surface area contributed by atoms with E-state index in [-0.39, 0.29) is 11.8 Å². The fraction of sp³-hybridized carbons (Fsp3) is 0.381. The van der Waals surface area contributed by atoms with Gasteiger partial charge in [-0.05, 0) is 36.2 Å². The molecular weight excluding hydrogens is 361 g/mol. The molecule has 2 aromatic carbocycles. The van der Waals surface area contributed by atoms with Crippen molar-refractivity contribution in [3.05, 3.63) is 53.8 Å². The molecular formula is C21H26FN3O3. The summed E-state index contributed by atoms with van der Waals surface area (Å²) in [7, 11) is 3.15. The van der Waals surface area contributed by atoms with Gasteiger partial charge >= 0.3 is 6.03 Å². The van der Waals surface area contributed by atoms with Crippen molar-refractivity contribution in [2.24, 2.45) is 0 Å². The summed E-state index contributed by atoms with van der Waals surface area (Å²) >= 11 is 0. The van der Waals surface area contributed by atoms with Crippen LogP contribution in [0.3, 0.4) is 0 Å². The lowest BCUT2D eigenvalue weighted by Crippen LogP contribution is -2.50. The lowest BCUT2D eigenvalue weighted by molar-refractivity contribution is 0.148. The van der Waals surface area contributed by atoms with Crippen LogP contribution in [0.25, 0.3) is 0 Å². The van der Waals surface area contributed by atoms with Crippen LogP contribution in [0.5, 0.6) is 11.5 Å². The molecule has 2 amide bonds. The molecule has 1 aliphatic rings. The minimum Gasteiger partial charge on any atom is -0.497 e. The Morgan fingerprint density at radius 2 is 1.75 bits per heavy atom. The number of ether oxygens (including phenoxy) is 2. The maximum Gasteiger partial charge on any atom is 0.322 e. The van der Waals surface area contributed by atoms with Crippen LogP contribution >= 0.6 is 0 Å². The average Bonchev–Trinajstić information content (AvgIpc) is 2.74. The highest BCUT2D eigenvalue weighted by Crippen LogP contribution is 2.29. The molecule has 0 bridgehead atoms. The van der Waals surface area contributed by atoms with Gasteiger partial charge in [-0.15, -0.1) is 0 Å². The monoisotopic (exact) mass is 387 g/mol. The van der Waals surface area contributed by atoms with Crippen molar-refractivity contribution in [3.8, 4) is 11.5 Å². The lowest BCUT2D eigenvalue weighted by Gasteiger charge is -2.34. The second-order valence-corrected chi connectivity index (χ2v) is 6.70. The van der Waals surface area contributed by atoms with Gasteiger partial charge in [0.25, 0.3) is 0 Å². The fourth-order valence-corrected chi connectivity index (χ4v) is 3.21. The summed E-state index contributed by atoms with van der Waals surface area (Å²) in [5.41, 5.74) is 1.74. The van der Waals surface area contributed by atoms with Crippen molar-refractivity contribution >= 4 is 11.7 Å². The molecule has 0 saturated carbocycles. The van der Waals surface area contributed by atoms with E-state index in [0.29, 0.717) is 30.3 Å². The van der Waals surface area contributed by atoms with Crippen LogP contribution in [0.15, 0.2) is 42.5 Å². The van der Waals surface area contributed by atoms with E-state index in [1.165, 1.54) is 12.1 Å². The van der Waals surface area contributed by atoms with E-state index in [1.54, 1.807) is 37.3 Å². The largest absolute Gasteiger partial charge is 0.497 e. The SMILES string of the molecule is COc1ccc(NC(=O)N2CCN(CCc3ccc(F)cc3)CC2)c(OC)c1. The molecule has 0 spiro atoms. The summed E-state index contributed by atoms with van der Waals surface area (Å²) in [6.45, 7) is 3.84. The maximum atomic E-state index is 13.0. The van der Waals surface area contributed by atoms with Crippen LogP contribution in [-0.2, 0) is 6.42 Å². The molecule has 1 fully saturated rings. The van der Waals surface area contributed by atoms with Gasteiger partial charge in [0.1, 0.15) is 17.3 Å². The van der Waals surface area contributed by atoms with E-state index in [9.17, 15) is 9.18 Å². The Morgan fingerprint density at radius 1 is 1.04 bits per heavy atom. The number of amides is 2. The third-order valence-corrected chi connectivity index (χ3v) is 4.94. The number of carbonyl (C=O) groups excluding carboxylic acids is 1. The Balaban J connectivity index is 1.48. The zero-order chi connectivity index (χ0) is 19.9. The molecule has 0 aliphatic carbocycles. The number of benzene rings is 2. The molecule has 1 aliphatic heterocycles. The molecule has 6 nitrogen and oxygen atoms in total. The molecule has 0 atom stereocenters. The van der Waals surface area contributed by atoms with Crippen LogP contribution in [-0.4, -0.2) is 62.8 Å². The van der Waals surface area contributed by atoms with Crippen molar-refractivity contribution < 1.29 is 18.7 Å². The second-order valence-electron chi connectivity index (χ2n) is 6.70. The number of anilines is 1. The summed E-state index contributed by atoms with van der Waals surface area (Å²) < 4.78 is 23.5. The second kappa shape index (κ2) is 9.41. The number of piperazine rings is 1. The Labute approximate surface area is 164 Å². The minimum absolute atomic E-state index is 0.137. The van der Waals surface area contributed by atoms with Crippen LogP contribution < -0.4 is 14.8 Å². The van der Waals surface area contributed by atoms with Crippen LogP contribution in [0, 0.1) is 5.82 Å². The first-order chi connectivity index (χ1) is 13.6. The summed E-state index contributed by atoms with van der Waals surface area (Å²) in [5.74, 6) is 1.02. The normalized spacial score (nSPS) is 14.6. The van der Waals surface area contributed by atoms with Crippen LogP contribution in [0.1, 0.15) is 5.56 Å². The van der Waals surface area contributed by atoms with Crippen molar-refractivity contribution in [1.82, 2.24) is 9.80 Å². The zero-order valence-corrected chi connectivity index (χ0v) is 16.3. The van der Waals surface area contributed by atoms with Crippen LogP contribution in [0.4, 0.5) is 14.9 Å². The Hall–Kier alpha value is -2.80. The number of nitrogens with zero attached hydrogens (tertiary/aromatic N) is 2. The van der Waals surface area contributed by atoms with Gasteiger partial charge in [0.2, 0.25) is 0 Å². The van der Waals surface area contributed by atoms with Gasteiger partial charge in [0.15, 0.2) is 0 Å². The Kier molecular flexibility index (Phi) is 6.71. The average molecular weight is 387 g/mol. The number of nitrogens with one attached hydrogen (secondary N) is 1. The third-order valence-electron chi connectivity index (χ3n) is 4.94. The van der Waals surface area contributed by atoms with Crippen molar-refractivity contribution in [2.45, 2.75) is 6.42 Å². The molecule has 7 heteroatoms. The number of methoxy groups -OCH3 is 2. The lowest BCUT2D eigenvalue weighted by atomic mass is 10.1. The van der Waals surface area contributed by atoms with Gasteiger partial charge in [-0.3, -0.25) is 4.90 Å². The molecule has 0 radical (unpaired) electrons. The standard InChI is InChI=1S/C21H26FN3O3/c1-27-18-7-8-19(20(15-18)28-2)23-21(26)25-13-11-24(12-14-25)10-9-16-3-5-17(22)6-4-16/h3-8,15H,9-14H2,1-2H3,(H,23,26). The smallest absolute Gasteiger partial charge is 0.322 e. The minimum atomic E-state index is -0.211. The van der Waals surface area contributed by atoms with Gasteiger partial charge in [-0.2, -0.15) is 0 Å². The zero-order valence-electron chi connectivity index (χ0n) is 16.3. The first-order valence-corrected chi connectivity index (χ1v) is 9.34. The third kappa shape index (κ3) is 5.13. The van der Waals surface area contributed by atoms with Gasteiger partial charge in [-0.1, -0.05) is 12.1 Å². The van der Waals surface area contributed by atoms with E-state index in [4.69, 9.17) is 9.47 Å². The van der Waals surface area contributed by atoms with E-state index in [0.717, 1.165) is 31.6 Å². The van der Waals surface area contributed by atoms with Gasteiger partial charge in [0, 0.05) is 38.8 Å². The van der Waals surface area contributed by atoms with E-state index in [1.807, 2.05) is 12.1 Å². The van der Waals surface area contributed by atoms with Gasteiger partial charge in [-0.25, -0.2) is 9.18 Å². The number of hydrogen-bond acceptors (Lipinski definition) is 4. The first kappa shape index (κ1) is 19.9. The predicted octanol–water partition coefficient (Wildman–Crippen LogP) is 3.24. The highest BCUT2D eigenvalue weighted by atomic mass is 19.1. The van der Waals surface area contributed by atoms with E-state index in [2.05, 4.69) is 10.2 Å². The maximum absolute atomic E-state index is 13.0. The molecule has 3 rings (SSSR count). The summed E-state index contributed by atoms with van der Waals surface area (Å²) in [4.78, 5) is 16.7. The number of rotatable bonds is 6. The number of urea groups is 1. The quantitative estimate of drug-likeness (QED) is 0.827. The van der Waals surface area contributed by atoms with Crippen molar-refractivity contribution in [1.29, 1.82) is 0 Å². The summed E-state index contributed by atoms with van der Waals surface area (Å²) in [5, 5.41) is 2.91. The van der Waals surface area contributed by atoms with E-state index < -0.39 is 0 Å². The number of halogens is 1. The highest BCUT2D eigenvalue weighted by molar-refractivity contribution is 5.91. The molecule has 0 unspecified atom stereocenters. The topological polar surface area (TPSA) is 54.0 Å². The summed E-state index contributed by atoms with van der Waals surface area (Å²) in [6, 6.07) is 11.8. The van der Waals surface area contributed by atoms with Gasteiger partial charge < -0.3 is 19.7 Å². The fourth-order valence-electron chi connectivity index (χ4n) is 3.21. The number of hydrogen-bond donors (Lipinski definition) is 1. The number of carbonyl (C=O) groups is 1. The molecule has 1 N–H and O–H groups in total. The summed E-state index contributed by atoms with van der Waals surface area (Å²) in [6.07, 6.45) is 0.871. The molecule has 150 valence electrons.